The lowest BCUT2D eigenvalue weighted by Crippen LogP contribution is -2.46. The molecule has 0 N–H and O–H groups in total. The van der Waals surface area contributed by atoms with Gasteiger partial charge in [0.1, 0.15) is 4.90 Å². The van der Waals surface area contributed by atoms with E-state index in [0.717, 1.165) is 6.07 Å². The van der Waals surface area contributed by atoms with Gasteiger partial charge in [0.25, 0.3) is 5.69 Å². The van der Waals surface area contributed by atoms with Crippen molar-refractivity contribution in [1.29, 1.82) is 0 Å². The maximum Gasteiger partial charge on any atom is 0.270 e. The molecule has 1 saturated heterocycles. The standard InChI is InChI=1S/C16H25N3O5S/c1-5-18(6-2)25(22,23)16-9-14(19(20)21)7-8-15(16)17-10-12(3)24-13(4)11-17/h7-9,12-13H,5-6,10-11H2,1-4H3. The molecule has 2 unspecified atom stereocenters. The van der Waals surface area contributed by atoms with Crippen LogP contribution in [-0.4, -0.2) is 56.0 Å². The van der Waals surface area contributed by atoms with Gasteiger partial charge >= 0.3 is 0 Å². The van der Waals surface area contributed by atoms with Crippen molar-refractivity contribution in [3.8, 4) is 0 Å². The Bertz CT molecular complexity index is 723. The molecule has 1 aliphatic rings. The lowest BCUT2D eigenvalue weighted by atomic mass is 10.2. The number of benzene rings is 1. The highest BCUT2D eigenvalue weighted by molar-refractivity contribution is 7.89. The Balaban J connectivity index is 2.58. The highest BCUT2D eigenvalue weighted by atomic mass is 32.2. The highest BCUT2D eigenvalue weighted by Crippen LogP contribution is 2.33. The Morgan fingerprint density at radius 1 is 1.24 bits per heavy atom. The normalized spacial score (nSPS) is 21.6. The predicted molar refractivity (Wildman–Crippen MR) is 95.4 cm³/mol. The fourth-order valence-electron chi connectivity index (χ4n) is 3.16. The summed E-state index contributed by atoms with van der Waals surface area (Å²) in [5.74, 6) is 0. The largest absolute Gasteiger partial charge is 0.372 e. The van der Waals surface area contributed by atoms with Gasteiger partial charge in [0.15, 0.2) is 0 Å². The van der Waals surface area contributed by atoms with Crippen LogP contribution in [0.5, 0.6) is 0 Å². The van der Waals surface area contributed by atoms with Crippen molar-refractivity contribution in [2.24, 2.45) is 0 Å². The first-order valence-corrected chi connectivity index (χ1v) is 9.83. The van der Waals surface area contributed by atoms with Gasteiger partial charge in [-0.15, -0.1) is 0 Å². The van der Waals surface area contributed by atoms with Crippen molar-refractivity contribution in [2.75, 3.05) is 31.1 Å². The fourth-order valence-corrected chi connectivity index (χ4v) is 4.85. The van der Waals surface area contributed by atoms with Crippen LogP contribution in [0, 0.1) is 10.1 Å². The number of nitrogens with zero attached hydrogens (tertiary/aromatic N) is 3. The lowest BCUT2D eigenvalue weighted by Gasteiger charge is -2.37. The SMILES string of the molecule is CCN(CC)S(=O)(=O)c1cc([N+](=O)[O-])ccc1N1CC(C)OC(C)C1. The van der Waals surface area contributed by atoms with Gasteiger partial charge in [-0.2, -0.15) is 4.31 Å². The third kappa shape index (κ3) is 4.10. The zero-order chi connectivity index (χ0) is 18.8. The second kappa shape index (κ2) is 7.67. The summed E-state index contributed by atoms with van der Waals surface area (Å²) in [5, 5.41) is 11.1. The highest BCUT2D eigenvalue weighted by Gasteiger charge is 2.31. The van der Waals surface area contributed by atoms with Crippen LogP contribution >= 0.6 is 0 Å². The molecule has 1 fully saturated rings. The van der Waals surface area contributed by atoms with Gasteiger partial charge in [0, 0.05) is 38.3 Å². The van der Waals surface area contributed by atoms with Gasteiger partial charge < -0.3 is 9.64 Å². The monoisotopic (exact) mass is 371 g/mol. The Hall–Kier alpha value is -1.71. The summed E-state index contributed by atoms with van der Waals surface area (Å²) in [5.41, 5.74) is 0.253. The summed E-state index contributed by atoms with van der Waals surface area (Å²) in [6.07, 6.45) is -0.106. The Kier molecular flexibility index (Phi) is 6.02. The summed E-state index contributed by atoms with van der Waals surface area (Å²) < 4.78 is 33.1. The molecule has 1 aliphatic heterocycles. The van der Waals surface area contributed by atoms with Crippen LogP contribution < -0.4 is 4.90 Å². The first-order valence-electron chi connectivity index (χ1n) is 8.39. The summed E-state index contributed by atoms with van der Waals surface area (Å²) in [6, 6.07) is 4.04. The van der Waals surface area contributed by atoms with E-state index < -0.39 is 14.9 Å². The molecule has 1 heterocycles. The minimum Gasteiger partial charge on any atom is -0.372 e. The molecule has 9 heteroatoms. The molecule has 0 amide bonds. The summed E-state index contributed by atoms with van der Waals surface area (Å²) >= 11 is 0. The molecule has 140 valence electrons. The first-order chi connectivity index (χ1) is 11.7. The Morgan fingerprint density at radius 3 is 2.28 bits per heavy atom. The van der Waals surface area contributed by atoms with Crippen LogP contribution in [0.3, 0.4) is 0 Å². The van der Waals surface area contributed by atoms with Crippen LogP contribution in [0.1, 0.15) is 27.7 Å². The summed E-state index contributed by atoms with van der Waals surface area (Å²) in [7, 11) is -3.83. The van der Waals surface area contributed by atoms with E-state index in [1.165, 1.54) is 16.4 Å². The molecule has 8 nitrogen and oxygen atoms in total. The molecule has 2 rings (SSSR count). The molecule has 0 radical (unpaired) electrons. The van der Waals surface area contributed by atoms with E-state index in [-0.39, 0.29) is 22.8 Å². The molecule has 0 spiro atoms. The number of rotatable bonds is 6. The number of hydrogen-bond acceptors (Lipinski definition) is 6. The quantitative estimate of drug-likeness (QED) is 0.562. The van der Waals surface area contributed by atoms with Crippen molar-refractivity contribution in [2.45, 2.75) is 44.8 Å². The maximum atomic E-state index is 13.0. The number of non-ortho nitro benzene ring substituents is 1. The van der Waals surface area contributed by atoms with Gasteiger partial charge in [0.2, 0.25) is 10.0 Å². The average molecular weight is 371 g/mol. The number of anilines is 1. The minimum absolute atomic E-state index is 0.0216. The molecule has 0 saturated carbocycles. The zero-order valence-corrected chi connectivity index (χ0v) is 15.8. The van der Waals surface area contributed by atoms with E-state index in [2.05, 4.69) is 0 Å². The number of ether oxygens (including phenoxy) is 1. The Labute approximate surface area is 148 Å². The number of nitro benzene ring substituents is 1. The van der Waals surface area contributed by atoms with E-state index in [0.29, 0.717) is 31.9 Å². The molecule has 1 aromatic rings. The molecular weight excluding hydrogens is 346 g/mol. The smallest absolute Gasteiger partial charge is 0.270 e. The van der Waals surface area contributed by atoms with E-state index in [4.69, 9.17) is 4.74 Å². The Morgan fingerprint density at radius 2 is 1.80 bits per heavy atom. The van der Waals surface area contributed by atoms with Crippen LogP contribution in [-0.2, 0) is 14.8 Å². The van der Waals surface area contributed by atoms with Crippen molar-refractivity contribution in [3.05, 3.63) is 28.3 Å². The molecule has 0 aromatic heterocycles. The predicted octanol–water partition coefficient (Wildman–Crippen LogP) is 2.24. The molecule has 25 heavy (non-hydrogen) atoms. The number of sulfonamides is 1. The third-order valence-electron chi connectivity index (χ3n) is 4.24. The summed E-state index contributed by atoms with van der Waals surface area (Å²) in [6.45, 7) is 9.01. The van der Waals surface area contributed by atoms with E-state index in [1.54, 1.807) is 13.8 Å². The average Bonchev–Trinajstić information content (AvgIpc) is 2.54. The zero-order valence-electron chi connectivity index (χ0n) is 15.0. The van der Waals surface area contributed by atoms with Crippen LogP contribution in [0.4, 0.5) is 11.4 Å². The van der Waals surface area contributed by atoms with Crippen molar-refractivity contribution < 1.29 is 18.1 Å². The molecular formula is C16H25N3O5S. The number of morpholine rings is 1. The molecule has 1 aromatic carbocycles. The van der Waals surface area contributed by atoms with Crippen molar-refractivity contribution >= 4 is 21.4 Å². The topological polar surface area (TPSA) is 93.0 Å². The van der Waals surface area contributed by atoms with Crippen LogP contribution in [0.25, 0.3) is 0 Å². The van der Waals surface area contributed by atoms with E-state index in [1.807, 2.05) is 18.7 Å². The molecule has 0 aliphatic carbocycles. The lowest BCUT2D eigenvalue weighted by molar-refractivity contribution is -0.385. The van der Waals surface area contributed by atoms with Gasteiger partial charge in [-0.25, -0.2) is 8.42 Å². The number of hydrogen-bond donors (Lipinski definition) is 0. The van der Waals surface area contributed by atoms with Crippen LogP contribution in [0.2, 0.25) is 0 Å². The van der Waals surface area contributed by atoms with Gasteiger partial charge in [-0.1, -0.05) is 13.8 Å². The molecule has 2 atom stereocenters. The summed E-state index contributed by atoms with van der Waals surface area (Å²) in [4.78, 5) is 12.5. The minimum atomic E-state index is -3.83. The van der Waals surface area contributed by atoms with Gasteiger partial charge in [0.05, 0.1) is 22.8 Å². The second-order valence-corrected chi connectivity index (χ2v) is 8.07. The van der Waals surface area contributed by atoms with Crippen LogP contribution in [0.15, 0.2) is 23.1 Å². The van der Waals surface area contributed by atoms with E-state index in [9.17, 15) is 18.5 Å². The third-order valence-corrected chi connectivity index (χ3v) is 6.32. The van der Waals surface area contributed by atoms with E-state index >= 15 is 0 Å². The fraction of sp³-hybridized carbons (Fsp3) is 0.625. The van der Waals surface area contributed by atoms with Gasteiger partial charge in [-0.3, -0.25) is 10.1 Å². The van der Waals surface area contributed by atoms with Crippen molar-refractivity contribution in [1.82, 2.24) is 4.31 Å². The van der Waals surface area contributed by atoms with Gasteiger partial charge in [-0.05, 0) is 19.9 Å². The maximum absolute atomic E-state index is 13.0. The second-order valence-electron chi connectivity index (χ2n) is 6.16. The van der Waals surface area contributed by atoms with Crippen molar-refractivity contribution in [3.63, 3.8) is 0 Å². The first kappa shape index (κ1) is 19.6. The number of nitro groups is 1. The molecule has 0 bridgehead atoms.